The zero-order valence-corrected chi connectivity index (χ0v) is 17.6. The van der Waals surface area contributed by atoms with Crippen molar-refractivity contribution in [1.82, 2.24) is 0 Å². The minimum atomic E-state index is -1.30. The molecule has 1 unspecified atom stereocenters. The summed E-state index contributed by atoms with van der Waals surface area (Å²) in [6.07, 6.45) is 3.03. The Morgan fingerprint density at radius 1 is 1.04 bits per heavy atom. The third-order valence-electron chi connectivity index (χ3n) is 4.04. The Morgan fingerprint density at radius 2 is 1.60 bits per heavy atom. The molecule has 1 aromatic rings. The quantitative estimate of drug-likeness (QED) is 0.654. The number of hydrogen-bond acceptors (Lipinski definition) is 3. The van der Waals surface area contributed by atoms with Crippen molar-refractivity contribution in [2.24, 2.45) is 11.1 Å². The molecule has 1 rings (SSSR count). The van der Waals surface area contributed by atoms with Crippen molar-refractivity contribution >= 4 is 11.0 Å². The van der Waals surface area contributed by atoms with Gasteiger partial charge in [0, 0.05) is 0 Å². The Labute approximate surface area is 156 Å². The molecule has 0 spiro atoms. The van der Waals surface area contributed by atoms with Gasteiger partial charge in [0.25, 0.3) is 0 Å². The van der Waals surface area contributed by atoms with Crippen LogP contribution in [0.2, 0.25) is 0 Å². The minimum absolute atomic E-state index is 0.101. The second-order valence-electron chi connectivity index (χ2n) is 8.02. The topological polar surface area (TPSA) is 61.5 Å². The minimum Gasteiger partial charge on any atom is -0.487 e. The second-order valence-corrected chi connectivity index (χ2v) is 9.72. The van der Waals surface area contributed by atoms with Crippen LogP contribution in [0.25, 0.3) is 0 Å². The van der Waals surface area contributed by atoms with Crippen molar-refractivity contribution < 1.29 is 13.7 Å². The molecular weight excluding hydrogens is 334 g/mol. The highest BCUT2D eigenvalue weighted by atomic mass is 32.2. The van der Waals surface area contributed by atoms with Crippen LogP contribution < -0.4 is 14.6 Å². The summed E-state index contributed by atoms with van der Waals surface area (Å²) in [5.74, 6) is 2.04. The Hall–Kier alpha value is -1.07. The normalized spacial score (nSPS) is 14.6. The lowest BCUT2D eigenvalue weighted by molar-refractivity contribution is 0.198. The van der Waals surface area contributed by atoms with Crippen LogP contribution in [-0.2, 0) is 17.4 Å². The maximum Gasteiger partial charge on any atom is 0.161 e. The van der Waals surface area contributed by atoms with Gasteiger partial charge < -0.3 is 9.47 Å². The van der Waals surface area contributed by atoms with E-state index in [0.717, 1.165) is 30.8 Å². The van der Waals surface area contributed by atoms with E-state index in [2.05, 4.69) is 19.1 Å². The molecule has 0 aliphatic rings. The number of aryl methyl sites for hydroxylation is 1. The Kier molecular flexibility index (Phi) is 8.42. The Morgan fingerprint density at radius 3 is 2.12 bits per heavy atom. The molecule has 4 nitrogen and oxygen atoms in total. The van der Waals surface area contributed by atoms with Gasteiger partial charge in [-0.05, 0) is 84.4 Å². The second kappa shape index (κ2) is 9.58. The molecule has 0 saturated heterocycles. The van der Waals surface area contributed by atoms with Crippen molar-refractivity contribution in [1.29, 1.82) is 0 Å². The first-order chi connectivity index (χ1) is 11.5. The van der Waals surface area contributed by atoms with Gasteiger partial charge in [0.15, 0.2) is 11.5 Å². The van der Waals surface area contributed by atoms with Gasteiger partial charge in [0.2, 0.25) is 0 Å². The van der Waals surface area contributed by atoms with Crippen LogP contribution in [-0.4, -0.2) is 21.2 Å². The third kappa shape index (κ3) is 7.78. The SMILES string of the molecule is CC(C)Oc1ccc(CC[C@@H](C)CC(C)(C)S(N)=O)cc1OC(C)C. The number of rotatable bonds is 10. The van der Waals surface area contributed by atoms with Gasteiger partial charge in [-0.25, -0.2) is 4.21 Å². The molecule has 2 N–H and O–H groups in total. The summed E-state index contributed by atoms with van der Waals surface area (Å²) in [7, 11) is -1.30. The molecule has 0 saturated carbocycles. The molecule has 0 amide bonds. The first kappa shape index (κ1) is 22.0. The molecule has 144 valence electrons. The highest BCUT2D eigenvalue weighted by Gasteiger charge is 2.25. The van der Waals surface area contributed by atoms with E-state index in [1.807, 2.05) is 47.6 Å². The van der Waals surface area contributed by atoms with E-state index in [4.69, 9.17) is 14.6 Å². The molecule has 25 heavy (non-hydrogen) atoms. The largest absolute Gasteiger partial charge is 0.487 e. The van der Waals surface area contributed by atoms with Crippen LogP contribution in [0.5, 0.6) is 11.5 Å². The van der Waals surface area contributed by atoms with Crippen molar-refractivity contribution in [2.75, 3.05) is 0 Å². The van der Waals surface area contributed by atoms with Crippen LogP contribution in [0.3, 0.4) is 0 Å². The first-order valence-electron chi connectivity index (χ1n) is 9.13. The number of hydrogen-bond donors (Lipinski definition) is 1. The van der Waals surface area contributed by atoms with E-state index in [1.54, 1.807) is 0 Å². The van der Waals surface area contributed by atoms with E-state index in [0.29, 0.717) is 5.92 Å². The molecule has 0 aliphatic carbocycles. The smallest absolute Gasteiger partial charge is 0.161 e. The molecule has 0 fully saturated rings. The highest BCUT2D eigenvalue weighted by Crippen LogP contribution is 2.31. The fourth-order valence-corrected chi connectivity index (χ4v) is 3.29. The molecule has 5 heteroatoms. The van der Waals surface area contributed by atoms with Crippen molar-refractivity contribution in [3.8, 4) is 11.5 Å². The summed E-state index contributed by atoms with van der Waals surface area (Å²) in [6, 6.07) is 6.18. The van der Waals surface area contributed by atoms with Gasteiger partial charge in [-0.3, -0.25) is 5.14 Å². The zero-order valence-electron chi connectivity index (χ0n) is 16.8. The maximum absolute atomic E-state index is 11.6. The lowest BCUT2D eigenvalue weighted by Gasteiger charge is -2.25. The fraction of sp³-hybridized carbons (Fsp3) is 0.700. The number of nitrogens with two attached hydrogens (primary N) is 1. The first-order valence-corrected chi connectivity index (χ1v) is 10.3. The zero-order chi connectivity index (χ0) is 19.2. The Balaban J connectivity index is 2.77. The molecule has 0 aromatic heterocycles. The lowest BCUT2D eigenvalue weighted by Crippen LogP contribution is -2.33. The summed E-state index contributed by atoms with van der Waals surface area (Å²) in [5.41, 5.74) is 1.23. The van der Waals surface area contributed by atoms with Crippen LogP contribution in [0.1, 0.15) is 66.9 Å². The van der Waals surface area contributed by atoms with Gasteiger partial charge in [-0.1, -0.05) is 13.0 Å². The van der Waals surface area contributed by atoms with Crippen molar-refractivity contribution in [3.05, 3.63) is 23.8 Å². The van der Waals surface area contributed by atoms with Gasteiger partial charge in [-0.2, -0.15) is 0 Å². The lowest BCUT2D eigenvalue weighted by atomic mass is 9.92. The molecule has 0 aliphatic heterocycles. The van der Waals surface area contributed by atoms with Gasteiger partial charge in [0.05, 0.1) is 27.9 Å². The summed E-state index contributed by atoms with van der Waals surface area (Å²) in [4.78, 5) is 0. The van der Waals surface area contributed by atoms with E-state index >= 15 is 0 Å². The summed E-state index contributed by atoms with van der Waals surface area (Å²) in [6.45, 7) is 14.2. The number of ether oxygens (including phenoxy) is 2. The van der Waals surface area contributed by atoms with E-state index in [9.17, 15) is 4.21 Å². The van der Waals surface area contributed by atoms with E-state index in [1.165, 1.54) is 5.56 Å². The standard InChI is InChI=1S/C20H35NO3S/c1-14(2)23-18-11-10-17(12-19(18)24-15(3)4)9-8-16(5)13-20(6,7)25(21)22/h10-12,14-16H,8-9,13,21H2,1-7H3/t16-,25?/m1/s1. The average Bonchev–Trinajstić information content (AvgIpc) is 2.45. The van der Waals surface area contributed by atoms with Crippen molar-refractivity contribution in [2.45, 2.75) is 84.7 Å². The molecule has 0 radical (unpaired) electrons. The average molecular weight is 370 g/mol. The van der Waals surface area contributed by atoms with Gasteiger partial charge in [0.1, 0.15) is 0 Å². The Bertz CT molecular complexity index is 570. The van der Waals surface area contributed by atoms with E-state index in [-0.39, 0.29) is 17.0 Å². The summed E-state index contributed by atoms with van der Waals surface area (Å²) in [5, 5.41) is 5.59. The predicted octanol–water partition coefficient (Wildman–Crippen LogP) is 4.62. The maximum atomic E-state index is 11.6. The molecule has 0 bridgehead atoms. The van der Waals surface area contributed by atoms with Crippen LogP contribution in [0, 0.1) is 5.92 Å². The number of benzene rings is 1. The van der Waals surface area contributed by atoms with Gasteiger partial charge >= 0.3 is 0 Å². The third-order valence-corrected chi connectivity index (χ3v) is 5.30. The molecule has 2 atom stereocenters. The summed E-state index contributed by atoms with van der Waals surface area (Å²) >= 11 is 0. The van der Waals surface area contributed by atoms with Crippen LogP contribution >= 0.6 is 0 Å². The summed E-state index contributed by atoms with van der Waals surface area (Å²) < 4.78 is 23.0. The molecule has 0 heterocycles. The fourth-order valence-electron chi connectivity index (χ4n) is 2.84. The molecular formula is C20H35NO3S. The van der Waals surface area contributed by atoms with Gasteiger partial charge in [-0.15, -0.1) is 0 Å². The monoisotopic (exact) mass is 369 g/mol. The predicted molar refractivity (Wildman–Crippen MR) is 106 cm³/mol. The molecule has 1 aromatic carbocycles. The van der Waals surface area contributed by atoms with E-state index < -0.39 is 11.0 Å². The van der Waals surface area contributed by atoms with Crippen LogP contribution in [0.4, 0.5) is 0 Å². The van der Waals surface area contributed by atoms with Crippen LogP contribution in [0.15, 0.2) is 18.2 Å². The highest BCUT2D eigenvalue weighted by molar-refractivity contribution is 7.84. The van der Waals surface area contributed by atoms with Crippen molar-refractivity contribution in [3.63, 3.8) is 0 Å².